The fourth-order valence-corrected chi connectivity index (χ4v) is 4.65. The first-order valence-electron chi connectivity index (χ1n) is 9.11. The first kappa shape index (κ1) is 24.8. The highest BCUT2D eigenvalue weighted by Crippen LogP contribution is 2.21. The highest BCUT2D eigenvalue weighted by atomic mass is 35.5. The molecular formula is C18H29ClFN3O4S. The number of aliphatic hydroxyl groups excluding tert-OH is 1. The maximum atomic E-state index is 13.1. The van der Waals surface area contributed by atoms with E-state index < -0.39 is 34.0 Å². The standard InChI is InChI=1S/C18H28FN3O4S.ClH/c1-12(2)10-15(20)18(24)21-16-4-3-9-22(11-17(16)23)27(25,26)14-7-5-13(19)6-8-14;/h5-8,12,15-17,23H,3-4,9-11,20H2,1-2H3,(H,21,24);1H/t15-,16?,17?;/m0./s1. The van der Waals surface area contributed by atoms with Gasteiger partial charge in [0.25, 0.3) is 0 Å². The summed E-state index contributed by atoms with van der Waals surface area (Å²) in [4.78, 5) is 12.2. The van der Waals surface area contributed by atoms with E-state index in [-0.39, 0.29) is 42.2 Å². The number of β-amino-alcohol motifs (C(OH)–C–C–N with tert-alkyl or cyclic N) is 1. The van der Waals surface area contributed by atoms with Crippen LogP contribution in [0.4, 0.5) is 4.39 Å². The van der Waals surface area contributed by atoms with Gasteiger partial charge in [0.05, 0.1) is 23.1 Å². The zero-order valence-corrected chi connectivity index (χ0v) is 17.7. The van der Waals surface area contributed by atoms with Gasteiger partial charge in [0.15, 0.2) is 0 Å². The topological polar surface area (TPSA) is 113 Å². The number of nitrogens with two attached hydrogens (primary N) is 1. The Morgan fingerprint density at radius 1 is 1.36 bits per heavy atom. The van der Waals surface area contributed by atoms with Crippen LogP contribution in [0.2, 0.25) is 0 Å². The lowest BCUT2D eigenvalue weighted by Crippen LogP contribution is -2.51. The third kappa shape index (κ3) is 6.38. The molecule has 0 spiro atoms. The van der Waals surface area contributed by atoms with Crippen molar-refractivity contribution in [3.8, 4) is 0 Å². The quantitative estimate of drug-likeness (QED) is 0.620. The summed E-state index contributed by atoms with van der Waals surface area (Å²) < 4.78 is 39.7. The van der Waals surface area contributed by atoms with Gasteiger partial charge >= 0.3 is 0 Å². The van der Waals surface area contributed by atoms with Crippen LogP contribution in [0.15, 0.2) is 29.2 Å². The van der Waals surface area contributed by atoms with Crippen molar-refractivity contribution in [2.24, 2.45) is 11.7 Å². The average molecular weight is 438 g/mol. The molecule has 0 aliphatic carbocycles. The van der Waals surface area contributed by atoms with Crippen LogP contribution in [0.5, 0.6) is 0 Å². The molecule has 0 aromatic heterocycles. The summed E-state index contributed by atoms with van der Waals surface area (Å²) in [7, 11) is -3.85. The van der Waals surface area contributed by atoms with Crippen LogP contribution in [-0.4, -0.2) is 55.0 Å². The molecule has 7 nitrogen and oxygen atoms in total. The van der Waals surface area contributed by atoms with E-state index in [2.05, 4.69) is 5.32 Å². The molecule has 0 radical (unpaired) electrons. The van der Waals surface area contributed by atoms with Crippen LogP contribution < -0.4 is 11.1 Å². The molecule has 1 saturated heterocycles. The number of aliphatic hydroxyl groups is 1. The minimum absolute atomic E-state index is 0. The summed E-state index contributed by atoms with van der Waals surface area (Å²) >= 11 is 0. The predicted molar refractivity (Wildman–Crippen MR) is 107 cm³/mol. The van der Waals surface area contributed by atoms with Crippen molar-refractivity contribution in [3.05, 3.63) is 30.1 Å². The predicted octanol–water partition coefficient (Wildman–Crippen LogP) is 1.25. The Hall–Kier alpha value is -1.26. The fraction of sp³-hybridized carbons (Fsp3) is 0.611. The van der Waals surface area contributed by atoms with Crippen LogP contribution in [0.25, 0.3) is 0 Å². The maximum absolute atomic E-state index is 13.1. The molecule has 2 rings (SSSR count). The SMILES string of the molecule is CC(C)C[C@H](N)C(=O)NC1CCCN(S(=O)(=O)c2ccc(F)cc2)CC1O.Cl. The number of carbonyl (C=O) groups is 1. The van der Waals surface area contributed by atoms with Crippen molar-refractivity contribution in [2.75, 3.05) is 13.1 Å². The Balaban J connectivity index is 0.00000392. The second-order valence-corrected chi connectivity index (χ2v) is 9.32. The van der Waals surface area contributed by atoms with E-state index in [1.807, 2.05) is 13.8 Å². The van der Waals surface area contributed by atoms with Gasteiger partial charge in [0.2, 0.25) is 15.9 Å². The molecular weight excluding hydrogens is 409 g/mol. The summed E-state index contributed by atoms with van der Waals surface area (Å²) in [5.41, 5.74) is 5.87. The molecule has 0 bridgehead atoms. The molecule has 10 heteroatoms. The van der Waals surface area contributed by atoms with Gasteiger partial charge in [-0.3, -0.25) is 4.79 Å². The lowest BCUT2D eigenvalue weighted by molar-refractivity contribution is -0.124. The van der Waals surface area contributed by atoms with Gasteiger partial charge in [-0.25, -0.2) is 12.8 Å². The van der Waals surface area contributed by atoms with Gasteiger partial charge in [-0.1, -0.05) is 13.8 Å². The largest absolute Gasteiger partial charge is 0.390 e. The fourth-order valence-electron chi connectivity index (χ4n) is 3.15. The highest BCUT2D eigenvalue weighted by molar-refractivity contribution is 7.89. The maximum Gasteiger partial charge on any atom is 0.243 e. The molecule has 1 fully saturated rings. The van der Waals surface area contributed by atoms with E-state index in [0.29, 0.717) is 19.3 Å². The molecule has 1 amide bonds. The number of hydrogen-bond donors (Lipinski definition) is 3. The lowest BCUT2D eigenvalue weighted by Gasteiger charge is -2.26. The molecule has 4 N–H and O–H groups in total. The van der Waals surface area contributed by atoms with Gasteiger partial charge in [-0.15, -0.1) is 12.4 Å². The van der Waals surface area contributed by atoms with Crippen LogP contribution in [-0.2, 0) is 14.8 Å². The van der Waals surface area contributed by atoms with Crippen molar-refractivity contribution < 1.29 is 22.7 Å². The molecule has 1 heterocycles. The summed E-state index contributed by atoms with van der Waals surface area (Å²) in [6, 6.07) is 3.34. The van der Waals surface area contributed by atoms with Crippen molar-refractivity contribution in [1.82, 2.24) is 9.62 Å². The zero-order valence-electron chi connectivity index (χ0n) is 16.0. The van der Waals surface area contributed by atoms with Gasteiger partial charge in [0, 0.05) is 13.1 Å². The average Bonchev–Trinajstić information content (AvgIpc) is 2.77. The lowest BCUT2D eigenvalue weighted by atomic mass is 10.0. The summed E-state index contributed by atoms with van der Waals surface area (Å²) in [6.07, 6.45) is 0.385. The number of benzene rings is 1. The first-order chi connectivity index (χ1) is 12.6. The zero-order chi connectivity index (χ0) is 20.2. The highest BCUT2D eigenvalue weighted by Gasteiger charge is 2.33. The van der Waals surface area contributed by atoms with E-state index in [1.165, 1.54) is 16.4 Å². The Morgan fingerprint density at radius 2 is 1.96 bits per heavy atom. The Bertz CT molecular complexity index is 746. The van der Waals surface area contributed by atoms with E-state index in [1.54, 1.807) is 0 Å². The monoisotopic (exact) mass is 437 g/mol. The number of rotatable bonds is 6. The number of halogens is 2. The summed E-state index contributed by atoms with van der Waals surface area (Å²) in [6.45, 7) is 3.99. The Morgan fingerprint density at radius 3 is 2.54 bits per heavy atom. The van der Waals surface area contributed by atoms with Crippen LogP contribution >= 0.6 is 12.4 Å². The molecule has 28 heavy (non-hydrogen) atoms. The number of amides is 1. The number of carbonyl (C=O) groups excluding carboxylic acids is 1. The third-order valence-electron chi connectivity index (χ3n) is 4.62. The van der Waals surface area contributed by atoms with Gasteiger partial charge in [-0.2, -0.15) is 4.31 Å². The van der Waals surface area contributed by atoms with E-state index in [0.717, 1.165) is 12.1 Å². The van der Waals surface area contributed by atoms with Crippen LogP contribution in [0, 0.1) is 11.7 Å². The smallest absolute Gasteiger partial charge is 0.243 e. The van der Waals surface area contributed by atoms with Crippen molar-refractivity contribution in [2.45, 2.75) is 56.2 Å². The molecule has 3 atom stereocenters. The van der Waals surface area contributed by atoms with E-state index >= 15 is 0 Å². The van der Waals surface area contributed by atoms with Gasteiger partial charge < -0.3 is 16.2 Å². The molecule has 160 valence electrons. The summed E-state index contributed by atoms with van der Waals surface area (Å²) in [5.74, 6) is -0.603. The van der Waals surface area contributed by atoms with Crippen molar-refractivity contribution in [3.63, 3.8) is 0 Å². The second-order valence-electron chi connectivity index (χ2n) is 7.38. The van der Waals surface area contributed by atoms with E-state index in [9.17, 15) is 22.7 Å². The Labute approximate surface area is 171 Å². The Kier molecular flexibility index (Phi) is 9.29. The summed E-state index contributed by atoms with van der Waals surface area (Å²) in [5, 5.41) is 13.2. The third-order valence-corrected chi connectivity index (χ3v) is 6.50. The number of nitrogens with one attached hydrogen (secondary N) is 1. The first-order valence-corrected chi connectivity index (χ1v) is 10.5. The second kappa shape index (κ2) is 10.5. The molecule has 1 aliphatic rings. The molecule has 1 aliphatic heterocycles. The number of sulfonamides is 1. The number of hydrogen-bond acceptors (Lipinski definition) is 5. The van der Waals surface area contributed by atoms with Gasteiger partial charge in [0.1, 0.15) is 5.82 Å². The number of nitrogens with zero attached hydrogens (tertiary/aromatic N) is 1. The normalized spacial score (nSPS) is 22.2. The minimum atomic E-state index is -3.85. The van der Waals surface area contributed by atoms with Crippen molar-refractivity contribution in [1.29, 1.82) is 0 Å². The molecule has 2 unspecified atom stereocenters. The van der Waals surface area contributed by atoms with Crippen LogP contribution in [0.1, 0.15) is 33.1 Å². The molecule has 1 aromatic carbocycles. The minimum Gasteiger partial charge on any atom is -0.390 e. The van der Waals surface area contributed by atoms with E-state index in [4.69, 9.17) is 5.73 Å². The van der Waals surface area contributed by atoms with Gasteiger partial charge in [-0.05, 0) is 49.4 Å². The van der Waals surface area contributed by atoms with Crippen LogP contribution in [0.3, 0.4) is 0 Å². The van der Waals surface area contributed by atoms with Crippen molar-refractivity contribution >= 4 is 28.3 Å². The molecule has 1 aromatic rings. The molecule has 0 saturated carbocycles.